The lowest BCUT2D eigenvalue weighted by atomic mass is 10.1. The molecule has 2 aromatic rings. The number of esters is 1. The van der Waals surface area contributed by atoms with Gasteiger partial charge < -0.3 is 14.7 Å². The molecule has 0 aliphatic rings. The first-order valence-corrected chi connectivity index (χ1v) is 6.76. The van der Waals surface area contributed by atoms with Crippen molar-refractivity contribution in [3.05, 3.63) is 65.7 Å². The van der Waals surface area contributed by atoms with Crippen LogP contribution in [0.25, 0.3) is 0 Å². The zero-order valence-electron chi connectivity index (χ0n) is 12.4. The van der Waals surface area contributed by atoms with Crippen molar-refractivity contribution < 1.29 is 19.4 Å². The molecule has 0 bridgehead atoms. The van der Waals surface area contributed by atoms with Crippen LogP contribution in [-0.4, -0.2) is 36.0 Å². The number of nitrogens with zero attached hydrogens (tertiary/aromatic N) is 1. The molecule has 0 saturated heterocycles. The van der Waals surface area contributed by atoms with Gasteiger partial charge in [0.15, 0.2) is 0 Å². The number of carbonyl (C=O) groups excluding carboxylic acids is 2. The molecular weight excluding hydrogens is 282 g/mol. The Kier molecular flexibility index (Phi) is 4.78. The first-order valence-electron chi connectivity index (χ1n) is 6.76. The van der Waals surface area contributed by atoms with Crippen LogP contribution in [0.4, 0.5) is 0 Å². The van der Waals surface area contributed by atoms with Crippen molar-refractivity contribution in [3.8, 4) is 5.75 Å². The van der Waals surface area contributed by atoms with E-state index in [4.69, 9.17) is 4.74 Å². The number of hydrogen-bond acceptors (Lipinski definition) is 4. The minimum atomic E-state index is -1.05. The van der Waals surface area contributed by atoms with Crippen molar-refractivity contribution in [1.82, 2.24) is 4.90 Å². The van der Waals surface area contributed by atoms with Gasteiger partial charge in [0.05, 0.1) is 0 Å². The molecule has 0 fully saturated rings. The predicted molar refractivity (Wildman–Crippen MR) is 81.4 cm³/mol. The predicted octanol–water partition coefficient (Wildman–Crippen LogP) is 2.38. The van der Waals surface area contributed by atoms with E-state index in [2.05, 4.69) is 0 Å². The number of aromatic hydroxyl groups is 1. The molecule has 1 N–H and O–H groups in total. The van der Waals surface area contributed by atoms with E-state index >= 15 is 0 Å². The second kappa shape index (κ2) is 6.76. The first kappa shape index (κ1) is 15.6. The van der Waals surface area contributed by atoms with Crippen molar-refractivity contribution in [1.29, 1.82) is 0 Å². The van der Waals surface area contributed by atoms with E-state index in [1.807, 2.05) is 6.07 Å². The number of benzene rings is 2. The Bertz CT molecular complexity index is 667. The Balaban J connectivity index is 2.29. The molecule has 2 aromatic carbocycles. The standard InChI is InChI=1S/C17H17NO4/c1-18(2)16(20)15(12-8-4-3-5-9-12)22-17(21)13-10-6-7-11-14(13)19/h3-11,15,19H,1-2H3/t15-/m0/s1. The second-order valence-electron chi connectivity index (χ2n) is 4.95. The lowest BCUT2D eigenvalue weighted by molar-refractivity contribution is -0.138. The highest BCUT2D eigenvalue weighted by Gasteiger charge is 2.27. The summed E-state index contributed by atoms with van der Waals surface area (Å²) < 4.78 is 5.34. The summed E-state index contributed by atoms with van der Waals surface area (Å²) in [7, 11) is 3.18. The van der Waals surface area contributed by atoms with Crippen LogP contribution < -0.4 is 0 Å². The zero-order chi connectivity index (χ0) is 16.1. The van der Waals surface area contributed by atoms with Crippen molar-refractivity contribution in [2.24, 2.45) is 0 Å². The summed E-state index contributed by atoms with van der Waals surface area (Å²) in [6, 6.07) is 14.8. The molecule has 0 saturated carbocycles. The molecule has 0 aliphatic carbocycles. The maximum absolute atomic E-state index is 12.3. The Labute approximate surface area is 128 Å². The first-order chi connectivity index (χ1) is 10.5. The lowest BCUT2D eigenvalue weighted by Crippen LogP contribution is -2.31. The van der Waals surface area contributed by atoms with E-state index in [9.17, 15) is 14.7 Å². The molecule has 0 aromatic heterocycles. The number of carbonyl (C=O) groups is 2. The number of likely N-dealkylation sites (N-methyl/N-ethyl adjacent to an activating group) is 1. The molecule has 0 spiro atoms. The van der Waals surface area contributed by atoms with Gasteiger partial charge in [0.2, 0.25) is 6.10 Å². The van der Waals surface area contributed by atoms with Gasteiger partial charge in [-0.3, -0.25) is 4.79 Å². The molecule has 1 amide bonds. The van der Waals surface area contributed by atoms with Crippen LogP contribution in [0.1, 0.15) is 22.0 Å². The fourth-order valence-electron chi connectivity index (χ4n) is 1.94. The molecule has 2 rings (SSSR count). The van der Waals surface area contributed by atoms with Crippen molar-refractivity contribution >= 4 is 11.9 Å². The van der Waals surface area contributed by atoms with E-state index in [1.54, 1.807) is 50.5 Å². The highest BCUT2D eigenvalue weighted by Crippen LogP contribution is 2.24. The molecule has 0 heterocycles. The highest BCUT2D eigenvalue weighted by atomic mass is 16.5. The number of hydrogen-bond donors (Lipinski definition) is 1. The number of amides is 1. The minimum Gasteiger partial charge on any atom is -0.507 e. The van der Waals surface area contributed by atoms with E-state index in [0.29, 0.717) is 5.56 Å². The van der Waals surface area contributed by atoms with Gasteiger partial charge in [0.25, 0.3) is 5.91 Å². The zero-order valence-corrected chi connectivity index (χ0v) is 12.4. The van der Waals surface area contributed by atoms with Crippen molar-refractivity contribution in [2.75, 3.05) is 14.1 Å². The second-order valence-corrected chi connectivity index (χ2v) is 4.95. The summed E-state index contributed by atoms with van der Waals surface area (Å²) in [6.45, 7) is 0. The van der Waals surface area contributed by atoms with E-state index in [-0.39, 0.29) is 17.2 Å². The average Bonchev–Trinajstić information content (AvgIpc) is 2.53. The molecule has 22 heavy (non-hydrogen) atoms. The Hall–Kier alpha value is -2.82. The molecule has 0 unspecified atom stereocenters. The third-order valence-electron chi connectivity index (χ3n) is 3.12. The van der Waals surface area contributed by atoms with Gasteiger partial charge >= 0.3 is 5.97 Å². The number of phenolic OH excluding ortho intramolecular Hbond substituents is 1. The average molecular weight is 299 g/mol. The van der Waals surface area contributed by atoms with Gasteiger partial charge in [0, 0.05) is 19.7 Å². The minimum absolute atomic E-state index is 0.0231. The van der Waals surface area contributed by atoms with Crippen LogP contribution in [0.15, 0.2) is 54.6 Å². The quantitative estimate of drug-likeness (QED) is 0.880. The summed E-state index contributed by atoms with van der Waals surface area (Å²) in [6.07, 6.45) is -1.05. The summed E-state index contributed by atoms with van der Waals surface area (Å²) >= 11 is 0. The SMILES string of the molecule is CN(C)C(=O)[C@@H](OC(=O)c1ccccc1O)c1ccccc1. The van der Waals surface area contributed by atoms with Crippen LogP contribution >= 0.6 is 0 Å². The maximum atomic E-state index is 12.3. The summed E-state index contributed by atoms with van der Waals surface area (Å²) in [4.78, 5) is 25.9. The Morgan fingerprint density at radius 1 is 1.00 bits per heavy atom. The maximum Gasteiger partial charge on any atom is 0.343 e. The van der Waals surface area contributed by atoms with Crippen LogP contribution in [0.5, 0.6) is 5.75 Å². The van der Waals surface area contributed by atoms with Crippen LogP contribution in [0.3, 0.4) is 0 Å². The van der Waals surface area contributed by atoms with E-state index in [1.165, 1.54) is 17.0 Å². The lowest BCUT2D eigenvalue weighted by Gasteiger charge is -2.21. The van der Waals surface area contributed by atoms with Gasteiger partial charge in [-0.25, -0.2) is 4.79 Å². The molecule has 114 valence electrons. The fraction of sp³-hybridized carbons (Fsp3) is 0.176. The largest absolute Gasteiger partial charge is 0.507 e. The van der Waals surface area contributed by atoms with Gasteiger partial charge in [-0.2, -0.15) is 0 Å². The fourth-order valence-corrected chi connectivity index (χ4v) is 1.94. The summed E-state index contributed by atoms with van der Waals surface area (Å²) in [5, 5.41) is 9.72. The highest BCUT2D eigenvalue weighted by molar-refractivity contribution is 5.94. The van der Waals surface area contributed by atoms with Gasteiger partial charge in [-0.15, -0.1) is 0 Å². The van der Waals surface area contributed by atoms with Crippen LogP contribution in [0.2, 0.25) is 0 Å². The number of ether oxygens (including phenoxy) is 1. The molecular formula is C17H17NO4. The molecule has 1 atom stereocenters. The molecule has 5 heteroatoms. The van der Waals surface area contributed by atoms with E-state index in [0.717, 1.165) is 0 Å². The van der Waals surface area contributed by atoms with Crippen molar-refractivity contribution in [2.45, 2.75) is 6.10 Å². The normalized spacial score (nSPS) is 11.5. The van der Waals surface area contributed by atoms with Gasteiger partial charge in [-0.1, -0.05) is 42.5 Å². The van der Waals surface area contributed by atoms with Crippen molar-refractivity contribution in [3.63, 3.8) is 0 Å². The summed E-state index contributed by atoms with van der Waals surface area (Å²) in [5.74, 6) is -1.28. The number of para-hydroxylation sites is 1. The van der Waals surface area contributed by atoms with Gasteiger partial charge in [0.1, 0.15) is 11.3 Å². The van der Waals surface area contributed by atoms with Gasteiger partial charge in [-0.05, 0) is 12.1 Å². The Morgan fingerprint density at radius 3 is 2.18 bits per heavy atom. The summed E-state index contributed by atoms with van der Waals surface area (Å²) in [5.41, 5.74) is 0.597. The molecule has 0 radical (unpaired) electrons. The third-order valence-corrected chi connectivity index (χ3v) is 3.12. The van der Waals surface area contributed by atoms with Crippen LogP contribution in [0, 0.1) is 0 Å². The Morgan fingerprint density at radius 2 is 1.59 bits per heavy atom. The van der Waals surface area contributed by atoms with Crippen LogP contribution in [-0.2, 0) is 9.53 Å². The number of phenols is 1. The number of rotatable bonds is 4. The molecule has 5 nitrogen and oxygen atoms in total. The molecule has 0 aliphatic heterocycles. The van der Waals surface area contributed by atoms with E-state index < -0.39 is 12.1 Å². The monoisotopic (exact) mass is 299 g/mol. The smallest absolute Gasteiger partial charge is 0.343 e. The topological polar surface area (TPSA) is 66.8 Å². The third kappa shape index (κ3) is 3.44.